The molecule has 5 heteroatoms. The van der Waals surface area contributed by atoms with Gasteiger partial charge in [0.2, 0.25) is 0 Å². The monoisotopic (exact) mass is 396 g/mol. The number of hydrogen-bond acceptors (Lipinski definition) is 4. The molecule has 2 aromatic rings. The summed E-state index contributed by atoms with van der Waals surface area (Å²) < 4.78 is 10.9. The third kappa shape index (κ3) is 6.58. The highest BCUT2D eigenvalue weighted by Crippen LogP contribution is 2.27. The molecule has 156 valence electrons. The van der Waals surface area contributed by atoms with E-state index in [1.165, 1.54) is 11.1 Å². The normalized spacial score (nSPS) is 15.1. The minimum Gasteiger partial charge on any atom is -0.484 e. The molecule has 5 nitrogen and oxygen atoms in total. The topological polar surface area (TPSA) is 50.8 Å². The Labute approximate surface area is 174 Å². The van der Waals surface area contributed by atoms with Gasteiger partial charge in [-0.1, -0.05) is 57.2 Å². The summed E-state index contributed by atoms with van der Waals surface area (Å²) in [6, 6.07) is 16.5. The van der Waals surface area contributed by atoms with Gasteiger partial charge in [-0.25, -0.2) is 0 Å². The second kappa shape index (κ2) is 9.90. The SMILES string of the molecule is CC(C)(C)c1ccc(-c2ccc(OCC(=O)NCCN3CCOCC3)cc2)cc1. The molecule has 0 radical (unpaired) electrons. The van der Waals surface area contributed by atoms with E-state index in [9.17, 15) is 4.79 Å². The first-order valence-electron chi connectivity index (χ1n) is 10.3. The summed E-state index contributed by atoms with van der Waals surface area (Å²) >= 11 is 0. The predicted molar refractivity (Wildman–Crippen MR) is 116 cm³/mol. The van der Waals surface area contributed by atoms with Crippen LogP contribution in [0, 0.1) is 0 Å². The molecule has 0 aromatic heterocycles. The first-order chi connectivity index (χ1) is 13.9. The third-order valence-corrected chi connectivity index (χ3v) is 5.16. The molecule has 1 heterocycles. The highest BCUT2D eigenvalue weighted by Gasteiger charge is 2.13. The molecule has 0 spiro atoms. The van der Waals surface area contributed by atoms with Crippen molar-refractivity contribution < 1.29 is 14.3 Å². The van der Waals surface area contributed by atoms with Crippen LogP contribution in [0.15, 0.2) is 48.5 Å². The van der Waals surface area contributed by atoms with Gasteiger partial charge in [-0.05, 0) is 34.2 Å². The van der Waals surface area contributed by atoms with Gasteiger partial charge in [-0.3, -0.25) is 9.69 Å². The van der Waals surface area contributed by atoms with E-state index in [4.69, 9.17) is 9.47 Å². The summed E-state index contributed by atoms with van der Waals surface area (Å²) in [7, 11) is 0. The van der Waals surface area contributed by atoms with Gasteiger partial charge in [0.05, 0.1) is 13.2 Å². The average molecular weight is 397 g/mol. The van der Waals surface area contributed by atoms with Crippen LogP contribution in [0.4, 0.5) is 0 Å². The molecule has 1 fully saturated rings. The number of benzene rings is 2. The van der Waals surface area contributed by atoms with Gasteiger partial charge >= 0.3 is 0 Å². The highest BCUT2D eigenvalue weighted by molar-refractivity contribution is 5.77. The lowest BCUT2D eigenvalue weighted by Crippen LogP contribution is -2.42. The van der Waals surface area contributed by atoms with Crippen molar-refractivity contribution in [2.75, 3.05) is 46.0 Å². The van der Waals surface area contributed by atoms with E-state index < -0.39 is 0 Å². The van der Waals surface area contributed by atoms with E-state index in [0.717, 1.165) is 38.4 Å². The van der Waals surface area contributed by atoms with E-state index in [0.29, 0.717) is 12.3 Å². The number of morpholine rings is 1. The number of ether oxygens (including phenoxy) is 2. The summed E-state index contributed by atoms with van der Waals surface area (Å²) in [6.07, 6.45) is 0. The predicted octanol–water partition coefficient (Wildman–Crippen LogP) is 3.48. The maximum atomic E-state index is 12.0. The Bertz CT molecular complexity index is 773. The maximum Gasteiger partial charge on any atom is 0.257 e. The van der Waals surface area contributed by atoms with Crippen molar-refractivity contribution in [2.24, 2.45) is 0 Å². The first-order valence-corrected chi connectivity index (χ1v) is 10.3. The number of hydrogen-bond donors (Lipinski definition) is 1. The van der Waals surface area contributed by atoms with Crippen LogP contribution in [0.25, 0.3) is 11.1 Å². The molecule has 0 saturated carbocycles. The molecule has 2 aromatic carbocycles. The Hall–Kier alpha value is -2.37. The fourth-order valence-electron chi connectivity index (χ4n) is 3.28. The van der Waals surface area contributed by atoms with Crippen LogP contribution in [0.2, 0.25) is 0 Å². The minimum absolute atomic E-state index is 0.0305. The molecule has 1 aliphatic rings. The van der Waals surface area contributed by atoms with E-state index in [2.05, 4.69) is 55.3 Å². The third-order valence-electron chi connectivity index (χ3n) is 5.16. The van der Waals surface area contributed by atoms with Gasteiger partial charge in [0.15, 0.2) is 6.61 Å². The van der Waals surface area contributed by atoms with Gasteiger partial charge in [0.25, 0.3) is 5.91 Å². The van der Waals surface area contributed by atoms with Crippen LogP contribution in [0.5, 0.6) is 5.75 Å². The number of carbonyl (C=O) groups excluding carboxylic acids is 1. The van der Waals surface area contributed by atoms with Gasteiger partial charge in [0.1, 0.15) is 5.75 Å². The molecule has 1 saturated heterocycles. The quantitative estimate of drug-likeness (QED) is 0.779. The van der Waals surface area contributed by atoms with E-state index in [1.54, 1.807) is 0 Å². The number of carbonyl (C=O) groups is 1. The van der Waals surface area contributed by atoms with E-state index >= 15 is 0 Å². The van der Waals surface area contributed by atoms with Crippen molar-refractivity contribution in [3.63, 3.8) is 0 Å². The zero-order chi connectivity index (χ0) is 20.7. The second-order valence-corrected chi connectivity index (χ2v) is 8.44. The Kier molecular flexibility index (Phi) is 7.29. The summed E-state index contributed by atoms with van der Waals surface area (Å²) in [5.41, 5.74) is 3.78. The summed E-state index contributed by atoms with van der Waals surface area (Å²) in [5, 5.41) is 2.91. The molecule has 1 N–H and O–H groups in total. The number of nitrogens with one attached hydrogen (secondary N) is 1. The van der Waals surface area contributed by atoms with Crippen molar-refractivity contribution in [3.05, 3.63) is 54.1 Å². The van der Waals surface area contributed by atoms with E-state index in [1.807, 2.05) is 24.3 Å². The number of amides is 1. The molecule has 0 bridgehead atoms. The van der Waals surface area contributed by atoms with Crippen LogP contribution >= 0.6 is 0 Å². The molecule has 0 atom stereocenters. The summed E-state index contributed by atoms with van der Waals surface area (Å²) in [5.74, 6) is 0.600. The number of nitrogens with zero attached hydrogens (tertiary/aromatic N) is 1. The van der Waals surface area contributed by atoms with Gasteiger partial charge in [0, 0.05) is 26.2 Å². The van der Waals surface area contributed by atoms with Crippen LogP contribution < -0.4 is 10.1 Å². The standard InChI is InChI=1S/C24H32N2O3/c1-24(2,3)21-8-4-19(5-9-21)20-6-10-22(11-7-20)29-18-23(27)25-12-13-26-14-16-28-17-15-26/h4-11H,12-18H2,1-3H3,(H,25,27). The maximum absolute atomic E-state index is 12.0. The largest absolute Gasteiger partial charge is 0.484 e. The zero-order valence-electron chi connectivity index (χ0n) is 17.7. The Morgan fingerprint density at radius 1 is 1.00 bits per heavy atom. The Morgan fingerprint density at radius 2 is 1.59 bits per heavy atom. The Morgan fingerprint density at radius 3 is 2.17 bits per heavy atom. The molecule has 3 rings (SSSR count). The zero-order valence-corrected chi connectivity index (χ0v) is 17.7. The van der Waals surface area contributed by atoms with Crippen molar-refractivity contribution in [1.82, 2.24) is 10.2 Å². The lowest BCUT2D eigenvalue weighted by molar-refractivity contribution is -0.123. The molecule has 29 heavy (non-hydrogen) atoms. The van der Waals surface area contributed by atoms with Crippen LogP contribution in [-0.4, -0.2) is 56.8 Å². The second-order valence-electron chi connectivity index (χ2n) is 8.44. The first kappa shape index (κ1) is 21.3. The molecule has 0 aliphatic carbocycles. The molecule has 1 aliphatic heterocycles. The van der Waals surface area contributed by atoms with Gasteiger partial charge < -0.3 is 14.8 Å². The lowest BCUT2D eigenvalue weighted by atomic mass is 9.86. The van der Waals surface area contributed by atoms with Crippen molar-refractivity contribution >= 4 is 5.91 Å². The van der Waals surface area contributed by atoms with Crippen molar-refractivity contribution in [2.45, 2.75) is 26.2 Å². The molecular weight excluding hydrogens is 364 g/mol. The van der Waals surface area contributed by atoms with Crippen molar-refractivity contribution in [3.8, 4) is 16.9 Å². The number of rotatable bonds is 7. The van der Waals surface area contributed by atoms with E-state index in [-0.39, 0.29) is 17.9 Å². The van der Waals surface area contributed by atoms with Crippen LogP contribution in [-0.2, 0) is 14.9 Å². The Balaban J connectivity index is 1.43. The van der Waals surface area contributed by atoms with Crippen molar-refractivity contribution in [1.29, 1.82) is 0 Å². The fraction of sp³-hybridized carbons (Fsp3) is 0.458. The summed E-state index contributed by atoms with van der Waals surface area (Å²) in [4.78, 5) is 14.3. The smallest absolute Gasteiger partial charge is 0.257 e. The minimum atomic E-state index is -0.0971. The van der Waals surface area contributed by atoms with Gasteiger partial charge in [-0.2, -0.15) is 0 Å². The molecule has 0 unspecified atom stereocenters. The lowest BCUT2D eigenvalue weighted by Gasteiger charge is -2.26. The average Bonchev–Trinajstić information content (AvgIpc) is 2.73. The van der Waals surface area contributed by atoms with Crippen LogP contribution in [0.1, 0.15) is 26.3 Å². The molecule has 1 amide bonds. The fourth-order valence-corrected chi connectivity index (χ4v) is 3.28. The highest BCUT2D eigenvalue weighted by atomic mass is 16.5. The molecular formula is C24H32N2O3. The summed E-state index contributed by atoms with van der Waals surface area (Å²) in [6.45, 7) is 11.6. The van der Waals surface area contributed by atoms with Crippen LogP contribution in [0.3, 0.4) is 0 Å². The van der Waals surface area contributed by atoms with Gasteiger partial charge in [-0.15, -0.1) is 0 Å².